The summed E-state index contributed by atoms with van der Waals surface area (Å²) in [6.45, 7) is 1.01. The average molecular weight is 350 g/mol. The predicted octanol–water partition coefficient (Wildman–Crippen LogP) is 3.30. The van der Waals surface area contributed by atoms with Crippen molar-refractivity contribution in [3.63, 3.8) is 0 Å². The van der Waals surface area contributed by atoms with Gasteiger partial charge in [-0.25, -0.2) is 19.3 Å². The van der Waals surface area contributed by atoms with Crippen LogP contribution in [0.1, 0.15) is 18.4 Å². The molecular weight excluding hydrogens is 333 g/mol. The van der Waals surface area contributed by atoms with Gasteiger partial charge in [-0.3, -0.25) is 0 Å². The van der Waals surface area contributed by atoms with Crippen LogP contribution in [0.2, 0.25) is 0 Å². The number of alkyl halides is 1. The van der Waals surface area contributed by atoms with Crippen LogP contribution in [0.25, 0.3) is 11.2 Å². The minimum atomic E-state index is -0.647. The Labute approximate surface area is 143 Å². The number of unbranched alkanes of at least 4 members (excludes halogenated alkanes) is 1. The van der Waals surface area contributed by atoms with E-state index in [1.807, 2.05) is 4.57 Å². The molecule has 3 rings (SSSR count). The van der Waals surface area contributed by atoms with Crippen LogP contribution in [-0.2, 0) is 13.1 Å². The van der Waals surface area contributed by atoms with E-state index < -0.39 is 5.82 Å². The maximum atomic E-state index is 13.4. The molecule has 0 fully saturated rings. The van der Waals surface area contributed by atoms with Crippen molar-refractivity contribution in [3.8, 4) is 5.75 Å². The summed E-state index contributed by atoms with van der Waals surface area (Å²) >= 11 is 5.70. The van der Waals surface area contributed by atoms with E-state index in [4.69, 9.17) is 11.6 Å². The first-order chi connectivity index (χ1) is 11.7. The lowest BCUT2D eigenvalue weighted by molar-refractivity contribution is 0.426. The lowest BCUT2D eigenvalue weighted by Crippen LogP contribution is -2.04. The maximum absolute atomic E-state index is 13.4. The van der Waals surface area contributed by atoms with Crippen LogP contribution >= 0.6 is 11.6 Å². The predicted molar refractivity (Wildman–Crippen MR) is 90.7 cm³/mol. The monoisotopic (exact) mass is 349 g/mol. The molecule has 0 atom stereocenters. The minimum absolute atomic E-state index is 0.231. The van der Waals surface area contributed by atoms with E-state index in [9.17, 15) is 9.50 Å². The Morgan fingerprint density at radius 1 is 1.21 bits per heavy atom. The highest BCUT2D eigenvalue weighted by Crippen LogP contribution is 2.23. The van der Waals surface area contributed by atoms with Gasteiger partial charge in [-0.1, -0.05) is 12.1 Å². The van der Waals surface area contributed by atoms with E-state index in [1.165, 1.54) is 12.4 Å². The number of fused-ring (bicyclic) bond motifs is 1. The van der Waals surface area contributed by atoms with Crippen molar-refractivity contribution in [2.45, 2.75) is 25.9 Å². The molecule has 0 unspecified atom stereocenters. The first-order valence-corrected chi connectivity index (χ1v) is 8.16. The van der Waals surface area contributed by atoms with E-state index in [-0.39, 0.29) is 12.3 Å². The minimum Gasteiger partial charge on any atom is -0.505 e. The van der Waals surface area contributed by atoms with Crippen molar-refractivity contribution in [3.05, 3.63) is 42.2 Å². The highest BCUT2D eigenvalue weighted by molar-refractivity contribution is 6.17. The Kier molecular flexibility index (Phi) is 5.10. The molecule has 0 saturated heterocycles. The van der Waals surface area contributed by atoms with Gasteiger partial charge in [-0.15, -0.1) is 11.6 Å². The molecule has 0 amide bonds. The summed E-state index contributed by atoms with van der Waals surface area (Å²) in [7, 11) is 0. The zero-order valence-electron chi connectivity index (χ0n) is 12.9. The second-order valence-corrected chi connectivity index (χ2v) is 5.71. The van der Waals surface area contributed by atoms with Crippen molar-refractivity contribution in [1.29, 1.82) is 0 Å². The van der Waals surface area contributed by atoms with Gasteiger partial charge in [0.05, 0.1) is 6.33 Å². The van der Waals surface area contributed by atoms with Gasteiger partial charge >= 0.3 is 0 Å². The molecule has 2 heterocycles. The van der Waals surface area contributed by atoms with Crippen LogP contribution in [0.4, 0.5) is 10.2 Å². The van der Waals surface area contributed by atoms with Crippen molar-refractivity contribution < 1.29 is 9.50 Å². The molecule has 2 aromatic heterocycles. The molecule has 126 valence electrons. The Morgan fingerprint density at radius 3 is 2.92 bits per heavy atom. The number of halogens is 2. The first kappa shape index (κ1) is 16.4. The van der Waals surface area contributed by atoms with Crippen molar-refractivity contribution in [1.82, 2.24) is 19.5 Å². The molecule has 0 aliphatic carbocycles. The molecule has 0 aliphatic heterocycles. The lowest BCUT2D eigenvalue weighted by atomic mass is 10.2. The lowest BCUT2D eigenvalue weighted by Gasteiger charge is -2.08. The number of aryl methyl sites for hydroxylation is 1. The third kappa shape index (κ3) is 3.41. The van der Waals surface area contributed by atoms with Crippen LogP contribution in [0, 0.1) is 5.82 Å². The maximum Gasteiger partial charge on any atom is 0.165 e. The number of aromatic hydroxyl groups is 1. The van der Waals surface area contributed by atoms with E-state index >= 15 is 0 Å². The van der Waals surface area contributed by atoms with Gasteiger partial charge in [-0.2, -0.15) is 0 Å². The van der Waals surface area contributed by atoms with Gasteiger partial charge in [0.15, 0.2) is 23.0 Å². The summed E-state index contributed by atoms with van der Waals surface area (Å²) in [6.07, 6.45) is 5.05. The van der Waals surface area contributed by atoms with E-state index in [0.29, 0.717) is 22.8 Å². The summed E-state index contributed by atoms with van der Waals surface area (Å²) in [6, 6.07) is 4.41. The summed E-state index contributed by atoms with van der Waals surface area (Å²) in [5.74, 6) is 0.165. The smallest absolute Gasteiger partial charge is 0.165 e. The fourth-order valence-electron chi connectivity index (χ4n) is 2.43. The number of hydrogen-bond donors (Lipinski definition) is 2. The molecule has 0 spiro atoms. The fourth-order valence-corrected chi connectivity index (χ4v) is 2.62. The van der Waals surface area contributed by atoms with Crippen LogP contribution in [-0.4, -0.2) is 30.5 Å². The van der Waals surface area contributed by atoms with Gasteiger partial charge in [0, 0.05) is 24.5 Å². The summed E-state index contributed by atoms with van der Waals surface area (Å²) in [5.41, 5.74) is 1.81. The number of aromatic nitrogens is 4. The van der Waals surface area contributed by atoms with Crippen LogP contribution in [0.15, 0.2) is 30.9 Å². The molecule has 0 bridgehead atoms. The van der Waals surface area contributed by atoms with Gasteiger partial charge in [-0.05, 0) is 18.9 Å². The number of hydrogen-bond acceptors (Lipinski definition) is 5. The average Bonchev–Trinajstić information content (AvgIpc) is 3.00. The van der Waals surface area contributed by atoms with E-state index in [1.54, 1.807) is 18.5 Å². The highest BCUT2D eigenvalue weighted by Gasteiger charge is 2.11. The Balaban J connectivity index is 1.79. The molecule has 1 aromatic carbocycles. The molecule has 2 N–H and O–H groups in total. The number of rotatable bonds is 7. The van der Waals surface area contributed by atoms with Crippen molar-refractivity contribution in [2.75, 3.05) is 11.2 Å². The number of para-hydroxylation sites is 1. The van der Waals surface area contributed by atoms with Crippen molar-refractivity contribution in [2.24, 2.45) is 0 Å². The van der Waals surface area contributed by atoms with Gasteiger partial charge in [0.25, 0.3) is 0 Å². The molecule has 0 radical (unpaired) electrons. The second-order valence-electron chi connectivity index (χ2n) is 5.33. The number of phenols is 1. The molecule has 8 heteroatoms. The topological polar surface area (TPSA) is 75.9 Å². The number of benzene rings is 1. The van der Waals surface area contributed by atoms with Gasteiger partial charge in [0.2, 0.25) is 0 Å². The molecule has 24 heavy (non-hydrogen) atoms. The van der Waals surface area contributed by atoms with Crippen LogP contribution in [0.3, 0.4) is 0 Å². The number of nitrogens with zero attached hydrogens (tertiary/aromatic N) is 4. The quantitative estimate of drug-likeness (QED) is 0.505. The normalized spacial score (nSPS) is 11.1. The standard InChI is InChI=1S/C16H17ClFN5O/c17-6-1-2-7-23-10-22-13-15(20-9-21-16(13)23)19-8-11-4-3-5-12(18)14(11)24/h3-5,9-10,24H,1-2,6-8H2,(H,19,20,21). The zero-order valence-corrected chi connectivity index (χ0v) is 13.7. The Hall–Kier alpha value is -2.41. The Bertz CT molecular complexity index is 838. The molecule has 0 aliphatic rings. The first-order valence-electron chi connectivity index (χ1n) is 7.62. The molecule has 6 nitrogen and oxygen atoms in total. The number of nitrogens with one attached hydrogen (secondary N) is 1. The molecule has 0 saturated carbocycles. The number of imidazole rings is 1. The summed E-state index contributed by atoms with van der Waals surface area (Å²) < 4.78 is 15.3. The van der Waals surface area contributed by atoms with Crippen LogP contribution < -0.4 is 5.32 Å². The zero-order chi connectivity index (χ0) is 16.9. The fraction of sp³-hybridized carbons (Fsp3) is 0.312. The largest absolute Gasteiger partial charge is 0.505 e. The van der Waals surface area contributed by atoms with Crippen LogP contribution in [0.5, 0.6) is 5.75 Å². The van der Waals surface area contributed by atoms with Gasteiger partial charge < -0.3 is 15.0 Å². The summed E-state index contributed by atoms with van der Waals surface area (Å²) in [4.78, 5) is 12.8. The summed E-state index contributed by atoms with van der Waals surface area (Å²) in [5, 5.41) is 12.8. The van der Waals surface area contributed by atoms with Crippen molar-refractivity contribution >= 4 is 28.6 Å². The van der Waals surface area contributed by atoms with E-state index in [0.717, 1.165) is 25.0 Å². The third-order valence-electron chi connectivity index (χ3n) is 3.70. The number of anilines is 1. The molecular formula is C16H17ClFN5O. The third-order valence-corrected chi connectivity index (χ3v) is 3.97. The number of phenolic OH excluding ortho intramolecular Hbond substituents is 1. The van der Waals surface area contributed by atoms with E-state index in [2.05, 4.69) is 20.3 Å². The SMILES string of the molecule is Oc1c(F)cccc1CNc1ncnc2c1ncn2CCCCCl. The van der Waals surface area contributed by atoms with Gasteiger partial charge in [0.1, 0.15) is 11.8 Å². The highest BCUT2D eigenvalue weighted by atomic mass is 35.5. The Morgan fingerprint density at radius 2 is 2.08 bits per heavy atom. The second kappa shape index (κ2) is 7.44. The molecule has 3 aromatic rings.